The number of carbonyl (C=O) groups is 3. The van der Waals surface area contributed by atoms with Crippen LogP contribution in [-0.2, 0) is 20.8 Å². The van der Waals surface area contributed by atoms with Crippen LogP contribution in [0.15, 0.2) is 30.3 Å². The van der Waals surface area contributed by atoms with Crippen molar-refractivity contribution in [1.29, 1.82) is 0 Å². The predicted molar refractivity (Wildman–Crippen MR) is 191 cm³/mol. The number of amides is 3. The Labute approximate surface area is 289 Å². The molecule has 1 aliphatic rings. The summed E-state index contributed by atoms with van der Waals surface area (Å²) in [6.45, 7) is 9.06. The quantitative estimate of drug-likeness (QED) is 0.149. The first-order valence-corrected chi connectivity index (χ1v) is 17.9. The van der Waals surface area contributed by atoms with Gasteiger partial charge >= 0.3 is 0 Å². The van der Waals surface area contributed by atoms with E-state index in [1.807, 2.05) is 37.3 Å². The normalized spacial score (nSPS) is 17.2. The topological polar surface area (TPSA) is 122 Å². The van der Waals surface area contributed by atoms with Crippen LogP contribution in [0, 0.1) is 42.4 Å². The Bertz CT molecular complexity index is 1180. The van der Waals surface area contributed by atoms with Crippen LogP contribution in [0.1, 0.15) is 90.5 Å². The fourth-order valence-corrected chi connectivity index (χ4v) is 6.56. The highest BCUT2D eigenvalue weighted by molar-refractivity contribution is 5.91. The average molecular weight is 665 g/mol. The van der Waals surface area contributed by atoms with Gasteiger partial charge in [0.15, 0.2) is 0 Å². The van der Waals surface area contributed by atoms with E-state index in [1.54, 1.807) is 11.9 Å². The molecule has 48 heavy (non-hydrogen) atoms. The number of aliphatic hydroxyl groups excluding tert-OH is 2. The Morgan fingerprint density at radius 2 is 1.62 bits per heavy atom. The number of hydrogen-bond donors (Lipinski definition) is 4. The first-order chi connectivity index (χ1) is 23.1. The van der Waals surface area contributed by atoms with Crippen LogP contribution in [0.2, 0.25) is 0 Å². The molecule has 9 nitrogen and oxygen atoms in total. The zero-order chi connectivity index (χ0) is 35.5. The molecule has 9 heteroatoms. The van der Waals surface area contributed by atoms with E-state index in [9.17, 15) is 24.6 Å². The zero-order valence-corrected chi connectivity index (χ0v) is 29.7. The second kappa shape index (κ2) is 22.3. The second-order valence-corrected chi connectivity index (χ2v) is 13.3. The van der Waals surface area contributed by atoms with Gasteiger partial charge in [0.2, 0.25) is 17.7 Å². The Morgan fingerprint density at radius 3 is 2.21 bits per heavy atom. The molecule has 1 fully saturated rings. The molecule has 0 radical (unpaired) electrons. The van der Waals surface area contributed by atoms with E-state index in [0.717, 1.165) is 57.3 Å². The van der Waals surface area contributed by atoms with E-state index < -0.39 is 47.9 Å². The lowest BCUT2D eigenvalue weighted by molar-refractivity contribution is -0.137. The van der Waals surface area contributed by atoms with Gasteiger partial charge in [-0.05, 0) is 50.3 Å². The summed E-state index contributed by atoms with van der Waals surface area (Å²) in [5.41, 5.74) is 0.901. The maximum absolute atomic E-state index is 14.0. The van der Waals surface area contributed by atoms with Gasteiger partial charge in [-0.3, -0.25) is 14.4 Å². The number of carbonyl (C=O) groups excluding carboxylic acids is 3. The molecule has 1 aliphatic carbocycles. The van der Waals surface area contributed by atoms with E-state index in [4.69, 9.17) is 12.8 Å². The molecule has 266 valence electrons. The highest BCUT2D eigenvalue weighted by atomic mass is 16.3. The van der Waals surface area contributed by atoms with Crippen LogP contribution >= 0.6 is 0 Å². The number of nitrogens with one attached hydrogen (secondary N) is 2. The van der Waals surface area contributed by atoms with Gasteiger partial charge in [0.25, 0.3) is 0 Å². The molecule has 4 N–H and O–H groups in total. The molecular formula is C39H60N4O5. The average Bonchev–Trinajstić information content (AvgIpc) is 3.10. The zero-order valence-electron chi connectivity index (χ0n) is 29.7. The van der Waals surface area contributed by atoms with Gasteiger partial charge in [0.1, 0.15) is 12.1 Å². The Balaban J connectivity index is 2.31. The standard InChI is InChI=1S/C39H60N4O5/c1-7-12-23-34(44)37(46)33(27-30-21-17-14-18-22-30)40-39(48)36(31(8-2)9-3)41-38(47)32(26-29-19-15-13-16-20-29)28-35(45)42(6)24-25-43(10-4)11-5/h1-2,13,15-16,19-20,30-34,36-37,44,46H,9-12,14,17-18,21-28H2,3-6H3,(H,40,48)(H,41,47). The van der Waals surface area contributed by atoms with Gasteiger partial charge in [0, 0.05) is 38.9 Å². The third-order valence-electron chi connectivity index (χ3n) is 9.86. The summed E-state index contributed by atoms with van der Waals surface area (Å²) < 4.78 is 0. The summed E-state index contributed by atoms with van der Waals surface area (Å²) >= 11 is 0. The minimum absolute atomic E-state index is 0.0267. The number of benzene rings is 1. The summed E-state index contributed by atoms with van der Waals surface area (Å²) in [7, 11) is 1.75. The van der Waals surface area contributed by atoms with Crippen LogP contribution < -0.4 is 10.6 Å². The molecule has 6 unspecified atom stereocenters. The van der Waals surface area contributed by atoms with Crippen molar-refractivity contribution in [3.63, 3.8) is 0 Å². The number of hydrogen-bond acceptors (Lipinski definition) is 6. The number of terminal acetylenes is 2. The summed E-state index contributed by atoms with van der Waals surface area (Å²) in [5, 5.41) is 27.8. The van der Waals surface area contributed by atoms with Gasteiger partial charge in [-0.25, -0.2) is 0 Å². The van der Waals surface area contributed by atoms with Crippen molar-refractivity contribution in [2.75, 3.05) is 33.2 Å². The molecule has 1 aromatic carbocycles. The number of nitrogens with zero attached hydrogens (tertiary/aromatic N) is 2. The first-order valence-electron chi connectivity index (χ1n) is 17.9. The largest absolute Gasteiger partial charge is 0.390 e. The summed E-state index contributed by atoms with van der Waals surface area (Å²) in [5.74, 6) is 2.99. The fraction of sp³-hybridized carbons (Fsp3) is 0.667. The van der Waals surface area contributed by atoms with Crippen LogP contribution in [0.25, 0.3) is 0 Å². The van der Waals surface area contributed by atoms with Crippen LogP contribution in [0.3, 0.4) is 0 Å². The molecule has 0 heterocycles. The predicted octanol–water partition coefficient (Wildman–Crippen LogP) is 3.77. The van der Waals surface area contributed by atoms with Crippen molar-refractivity contribution in [2.45, 2.75) is 116 Å². The molecule has 1 saturated carbocycles. The summed E-state index contributed by atoms with van der Waals surface area (Å²) in [6, 6.07) is 7.66. The number of rotatable bonds is 21. The maximum atomic E-state index is 14.0. The Morgan fingerprint density at radius 1 is 0.958 bits per heavy atom. The van der Waals surface area contributed by atoms with Gasteiger partial charge in [0.05, 0.1) is 18.1 Å². The summed E-state index contributed by atoms with van der Waals surface area (Å²) in [6.07, 6.45) is 15.9. The van der Waals surface area contributed by atoms with Crippen molar-refractivity contribution in [1.82, 2.24) is 20.4 Å². The van der Waals surface area contributed by atoms with Crippen molar-refractivity contribution in [2.24, 2.45) is 17.8 Å². The van der Waals surface area contributed by atoms with E-state index in [1.165, 1.54) is 0 Å². The molecule has 0 saturated heterocycles. The lowest BCUT2D eigenvalue weighted by atomic mass is 9.82. The Hall–Kier alpha value is -3.37. The molecular weight excluding hydrogens is 604 g/mol. The molecule has 2 rings (SSSR count). The van der Waals surface area contributed by atoms with Crippen LogP contribution in [0.5, 0.6) is 0 Å². The molecule has 0 spiro atoms. The lowest BCUT2D eigenvalue weighted by Gasteiger charge is -2.34. The van der Waals surface area contributed by atoms with Gasteiger partial charge < -0.3 is 30.6 Å². The molecule has 3 amide bonds. The molecule has 0 aliphatic heterocycles. The lowest BCUT2D eigenvalue weighted by Crippen LogP contribution is -2.57. The van der Waals surface area contributed by atoms with Gasteiger partial charge in [-0.1, -0.05) is 83.2 Å². The van der Waals surface area contributed by atoms with E-state index >= 15 is 0 Å². The number of aliphatic hydroxyl groups is 2. The van der Waals surface area contributed by atoms with E-state index in [-0.39, 0.29) is 18.7 Å². The third kappa shape index (κ3) is 13.6. The highest BCUT2D eigenvalue weighted by Crippen LogP contribution is 2.29. The fourth-order valence-electron chi connectivity index (χ4n) is 6.56. The third-order valence-corrected chi connectivity index (χ3v) is 9.86. The number of likely N-dealkylation sites (N-methyl/N-ethyl adjacent to an activating group) is 2. The Kier molecular flexibility index (Phi) is 19.0. The monoisotopic (exact) mass is 664 g/mol. The highest BCUT2D eigenvalue weighted by Gasteiger charge is 2.36. The van der Waals surface area contributed by atoms with Crippen LogP contribution in [-0.4, -0.2) is 95.3 Å². The van der Waals surface area contributed by atoms with Crippen molar-refractivity contribution < 1.29 is 24.6 Å². The molecule has 6 atom stereocenters. The van der Waals surface area contributed by atoms with Gasteiger partial charge in [-0.2, -0.15) is 0 Å². The minimum atomic E-state index is -1.23. The first kappa shape index (κ1) is 40.8. The van der Waals surface area contributed by atoms with Crippen molar-refractivity contribution in [3.05, 3.63) is 35.9 Å². The second-order valence-electron chi connectivity index (χ2n) is 13.3. The van der Waals surface area contributed by atoms with Crippen molar-refractivity contribution >= 4 is 17.7 Å². The van der Waals surface area contributed by atoms with E-state index in [0.29, 0.717) is 38.1 Å². The molecule has 0 bridgehead atoms. The van der Waals surface area contributed by atoms with Crippen molar-refractivity contribution in [3.8, 4) is 24.7 Å². The van der Waals surface area contributed by atoms with E-state index in [2.05, 4.69) is 41.2 Å². The smallest absolute Gasteiger partial charge is 0.244 e. The molecule has 0 aromatic heterocycles. The van der Waals surface area contributed by atoms with Crippen LogP contribution in [0.4, 0.5) is 0 Å². The molecule has 1 aromatic rings. The maximum Gasteiger partial charge on any atom is 0.244 e. The minimum Gasteiger partial charge on any atom is -0.390 e. The SMILES string of the molecule is C#CCCC(O)C(O)C(CC1CCCCC1)NC(=O)C(NC(=O)C(CC(=O)N(C)CCN(CC)CC)Cc1ccccc1)C(C#C)CC. The summed E-state index contributed by atoms with van der Waals surface area (Å²) in [4.78, 5) is 45.4. The van der Waals surface area contributed by atoms with Gasteiger partial charge in [-0.15, -0.1) is 24.7 Å².